The summed E-state index contributed by atoms with van der Waals surface area (Å²) < 4.78 is 24.6. The van der Waals surface area contributed by atoms with Crippen molar-refractivity contribution in [3.05, 3.63) is 29.6 Å². The van der Waals surface area contributed by atoms with Crippen LogP contribution in [0.1, 0.15) is 25.3 Å². The van der Waals surface area contributed by atoms with Gasteiger partial charge in [-0.1, -0.05) is 6.92 Å². The van der Waals surface area contributed by atoms with Crippen LogP contribution < -0.4 is 4.74 Å². The Kier molecular flexibility index (Phi) is 4.46. The molecule has 0 aromatic heterocycles. The summed E-state index contributed by atoms with van der Waals surface area (Å²) in [7, 11) is 0. The molecule has 2 nitrogen and oxygen atoms in total. The fourth-order valence-electron chi connectivity index (χ4n) is 1.97. The minimum Gasteiger partial charge on any atom is -0.488 e. The molecule has 0 aliphatic heterocycles. The van der Waals surface area contributed by atoms with Crippen molar-refractivity contribution in [2.24, 2.45) is 0 Å². The van der Waals surface area contributed by atoms with Gasteiger partial charge in [-0.15, -0.1) is 11.6 Å². The first-order valence-corrected chi connectivity index (χ1v) is 6.74. The van der Waals surface area contributed by atoms with E-state index in [0.29, 0.717) is 17.9 Å². The lowest BCUT2D eigenvalue weighted by molar-refractivity contribution is -0.0798. The number of aryl methyl sites for hydroxylation is 1. The van der Waals surface area contributed by atoms with Crippen molar-refractivity contribution in [2.45, 2.75) is 44.3 Å². The second-order valence-electron chi connectivity index (χ2n) is 4.65. The quantitative estimate of drug-likeness (QED) is 0.761. The maximum Gasteiger partial charge on any atom is 0.128 e. The van der Waals surface area contributed by atoms with E-state index < -0.39 is 0 Å². The molecule has 0 spiro atoms. The molecule has 100 valence electrons. The standard InChI is InChI=1S/C14H18ClFO2/c1-3-6-17-14-11(15)8-13(14)18-10-4-5-12(16)9(2)7-10/h4-5,7,11,13-14H,3,6,8H2,1-2H3. The van der Waals surface area contributed by atoms with Crippen LogP contribution in [0.25, 0.3) is 0 Å². The van der Waals surface area contributed by atoms with E-state index in [1.54, 1.807) is 19.1 Å². The Bertz CT molecular complexity index is 411. The monoisotopic (exact) mass is 272 g/mol. The third-order valence-electron chi connectivity index (χ3n) is 3.11. The van der Waals surface area contributed by atoms with Gasteiger partial charge in [0.15, 0.2) is 0 Å². The van der Waals surface area contributed by atoms with Crippen LogP contribution in [0, 0.1) is 12.7 Å². The van der Waals surface area contributed by atoms with E-state index >= 15 is 0 Å². The number of alkyl halides is 1. The molecule has 0 radical (unpaired) electrons. The Balaban J connectivity index is 1.94. The van der Waals surface area contributed by atoms with E-state index in [-0.39, 0.29) is 23.4 Å². The van der Waals surface area contributed by atoms with E-state index in [1.165, 1.54) is 6.07 Å². The van der Waals surface area contributed by atoms with Gasteiger partial charge in [-0.2, -0.15) is 0 Å². The van der Waals surface area contributed by atoms with Crippen LogP contribution in [-0.4, -0.2) is 24.2 Å². The number of hydrogen-bond donors (Lipinski definition) is 0. The van der Waals surface area contributed by atoms with Crippen LogP contribution in [0.4, 0.5) is 4.39 Å². The Morgan fingerprint density at radius 3 is 2.83 bits per heavy atom. The minimum atomic E-state index is -0.218. The summed E-state index contributed by atoms with van der Waals surface area (Å²) in [5, 5.41) is 0.0168. The second-order valence-corrected chi connectivity index (χ2v) is 5.21. The molecule has 1 saturated carbocycles. The summed E-state index contributed by atoms with van der Waals surface area (Å²) in [5.74, 6) is 0.456. The highest BCUT2D eigenvalue weighted by atomic mass is 35.5. The summed E-state index contributed by atoms with van der Waals surface area (Å²) >= 11 is 6.10. The van der Waals surface area contributed by atoms with Gasteiger partial charge < -0.3 is 9.47 Å². The van der Waals surface area contributed by atoms with Crippen LogP contribution in [0.2, 0.25) is 0 Å². The Morgan fingerprint density at radius 1 is 1.44 bits per heavy atom. The van der Waals surface area contributed by atoms with Crippen molar-refractivity contribution in [1.29, 1.82) is 0 Å². The zero-order valence-electron chi connectivity index (χ0n) is 10.7. The van der Waals surface area contributed by atoms with Crippen molar-refractivity contribution in [1.82, 2.24) is 0 Å². The highest BCUT2D eigenvalue weighted by Crippen LogP contribution is 2.33. The third kappa shape index (κ3) is 2.96. The lowest BCUT2D eigenvalue weighted by Gasteiger charge is -2.40. The average molecular weight is 273 g/mol. The molecule has 4 heteroatoms. The smallest absolute Gasteiger partial charge is 0.128 e. The second kappa shape index (κ2) is 5.89. The molecule has 1 aromatic rings. The number of ether oxygens (including phenoxy) is 2. The number of hydrogen-bond acceptors (Lipinski definition) is 2. The third-order valence-corrected chi connectivity index (χ3v) is 3.54. The van der Waals surface area contributed by atoms with E-state index in [1.807, 2.05) is 0 Å². The van der Waals surface area contributed by atoms with Crippen molar-refractivity contribution >= 4 is 11.6 Å². The van der Waals surface area contributed by atoms with Gasteiger partial charge in [0, 0.05) is 13.0 Å². The van der Waals surface area contributed by atoms with E-state index in [4.69, 9.17) is 21.1 Å². The Morgan fingerprint density at radius 2 is 2.22 bits per heavy atom. The van der Waals surface area contributed by atoms with Crippen molar-refractivity contribution in [3.63, 3.8) is 0 Å². The van der Waals surface area contributed by atoms with Crippen molar-refractivity contribution in [3.8, 4) is 5.75 Å². The van der Waals surface area contributed by atoms with Gasteiger partial charge in [-0.25, -0.2) is 4.39 Å². The van der Waals surface area contributed by atoms with Gasteiger partial charge in [0.05, 0.1) is 5.38 Å². The number of halogens is 2. The van der Waals surface area contributed by atoms with Crippen molar-refractivity contribution in [2.75, 3.05) is 6.61 Å². The highest BCUT2D eigenvalue weighted by Gasteiger charge is 2.42. The SMILES string of the molecule is CCCOC1C(Cl)CC1Oc1ccc(F)c(C)c1. The molecule has 0 N–H and O–H groups in total. The zero-order chi connectivity index (χ0) is 13.1. The minimum absolute atomic E-state index is 0.0168. The molecule has 1 fully saturated rings. The number of benzene rings is 1. The van der Waals surface area contributed by atoms with Gasteiger partial charge in [0.25, 0.3) is 0 Å². The molecule has 1 aromatic carbocycles. The summed E-state index contributed by atoms with van der Waals surface area (Å²) in [5.41, 5.74) is 0.584. The molecule has 18 heavy (non-hydrogen) atoms. The first-order chi connectivity index (χ1) is 8.61. The molecule has 0 bridgehead atoms. The van der Waals surface area contributed by atoms with Crippen LogP contribution in [0.15, 0.2) is 18.2 Å². The normalized spacial score (nSPS) is 26.8. The first kappa shape index (κ1) is 13.6. The molecule has 0 amide bonds. The van der Waals surface area contributed by atoms with E-state index in [0.717, 1.165) is 12.8 Å². The summed E-state index contributed by atoms with van der Waals surface area (Å²) in [6.45, 7) is 4.47. The predicted molar refractivity (Wildman–Crippen MR) is 69.8 cm³/mol. The Hall–Kier alpha value is -0.800. The van der Waals surface area contributed by atoms with Crippen LogP contribution in [-0.2, 0) is 4.74 Å². The van der Waals surface area contributed by atoms with E-state index in [2.05, 4.69) is 6.92 Å². The molecule has 1 aliphatic rings. The van der Waals surface area contributed by atoms with E-state index in [9.17, 15) is 4.39 Å². The summed E-state index contributed by atoms with van der Waals surface area (Å²) in [4.78, 5) is 0. The maximum atomic E-state index is 13.1. The van der Waals surface area contributed by atoms with Gasteiger partial charge in [0.2, 0.25) is 0 Å². The maximum absolute atomic E-state index is 13.1. The molecular formula is C14H18ClFO2. The lowest BCUT2D eigenvalue weighted by atomic mass is 9.91. The molecule has 0 saturated heterocycles. The van der Waals surface area contributed by atoms with Crippen LogP contribution >= 0.6 is 11.6 Å². The molecule has 2 rings (SSSR count). The summed E-state index contributed by atoms with van der Waals surface area (Å²) in [6.07, 6.45) is 1.65. The first-order valence-electron chi connectivity index (χ1n) is 6.30. The highest BCUT2D eigenvalue weighted by molar-refractivity contribution is 6.21. The fraction of sp³-hybridized carbons (Fsp3) is 0.571. The average Bonchev–Trinajstić information content (AvgIpc) is 2.33. The topological polar surface area (TPSA) is 18.5 Å². The number of rotatable bonds is 5. The van der Waals surface area contributed by atoms with Crippen molar-refractivity contribution < 1.29 is 13.9 Å². The zero-order valence-corrected chi connectivity index (χ0v) is 11.4. The molecule has 3 unspecified atom stereocenters. The summed E-state index contributed by atoms with van der Waals surface area (Å²) in [6, 6.07) is 4.76. The molecule has 0 heterocycles. The molecule has 3 atom stereocenters. The fourth-order valence-corrected chi connectivity index (χ4v) is 2.38. The Labute approximate surface area is 112 Å². The molecule has 1 aliphatic carbocycles. The van der Waals surface area contributed by atoms with Gasteiger partial charge in [-0.05, 0) is 37.1 Å². The van der Waals surface area contributed by atoms with Gasteiger partial charge in [0.1, 0.15) is 23.8 Å². The van der Waals surface area contributed by atoms with Gasteiger partial charge in [-0.3, -0.25) is 0 Å². The lowest BCUT2D eigenvalue weighted by Crippen LogP contribution is -2.52. The largest absolute Gasteiger partial charge is 0.488 e. The van der Waals surface area contributed by atoms with Crippen LogP contribution in [0.5, 0.6) is 5.75 Å². The van der Waals surface area contributed by atoms with Crippen LogP contribution in [0.3, 0.4) is 0 Å². The predicted octanol–water partition coefficient (Wildman–Crippen LogP) is 3.69. The van der Waals surface area contributed by atoms with Gasteiger partial charge >= 0.3 is 0 Å². The molecular weight excluding hydrogens is 255 g/mol.